The summed E-state index contributed by atoms with van der Waals surface area (Å²) >= 11 is 0. The van der Waals surface area contributed by atoms with E-state index in [4.69, 9.17) is 4.74 Å². The minimum atomic E-state index is -0.719. The molecule has 3 heteroatoms. The largest absolute Gasteiger partial charge is 0.492 e. The van der Waals surface area contributed by atoms with Crippen LogP contribution in [0, 0.1) is 5.92 Å². The standard InChI is InChI=1S/C16H25NO2/c1-3-9-19-15-10-14(11-17-12-15)16(18)7-4-5-13(2)6-8-16/h10-13,18H,3-9H2,1-2H3. The molecule has 2 unspecified atom stereocenters. The number of aromatic nitrogens is 1. The summed E-state index contributed by atoms with van der Waals surface area (Å²) in [6.07, 6.45) is 9.52. The lowest BCUT2D eigenvalue weighted by Gasteiger charge is -2.27. The van der Waals surface area contributed by atoms with Crippen LogP contribution in [0.2, 0.25) is 0 Å². The molecule has 1 aromatic rings. The molecular weight excluding hydrogens is 238 g/mol. The van der Waals surface area contributed by atoms with Crippen molar-refractivity contribution in [2.45, 2.75) is 58.0 Å². The van der Waals surface area contributed by atoms with Crippen LogP contribution in [0.3, 0.4) is 0 Å². The van der Waals surface area contributed by atoms with Crippen molar-refractivity contribution in [2.24, 2.45) is 5.92 Å². The summed E-state index contributed by atoms with van der Waals surface area (Å²) in [6.45, 7) is 5.04. The van der Waals surface area contributed by atoms with E-state index in [2.05, 4.69) is 18.8 Å². The summed E-state index contributed by atoms with van der Waals surface area (Å²) in [4.78, 5) is 4.22. The van der Waals surface area contributed by atoms with Crippen LogP contribution in [0.25, 0.3) is 0 Å². The van der Waals surface area contributed by atoms with Gasteiger partial charge in [0.2, 0.25) is 0 Å². The first-order valence-electron chi connectivity index (χ1n) is 7.45. The molecule has 1 heterocycles. The van der Waals surface area contributed by atoms with Crippen molar-refractivity contribution in [1.82, 2.24) is 4.98 Å². The van der Waals surface area contributed by atoms with Gasteiger partial charge in [0.1, 0.15) is 5.75 Å². The number of ether oxygens (including phenoxy) is 1. The Hall–Kier alpha value is -1.09. The number of nitrogens with zero attached hydrogens (tertiary/aromatic N) is 1. The highest BCUT2D eigenvalue weighted by Gasteiger charge is 2.32. The van der Waals surface area contributed by atoms with E-state index in [9.17, 15) is 5.11 Å². The minimum Gasteiger partial charge on any atom is -0.492 e. The lowest BCUT2D eigenvalue weighted by Crippen LogP contribution is -2.25. The zero-order valence-corrected chi connectivity index (χ0v) is 12.1. The van der Waals surface area contributed by atoms with Gasteiger partial charge >= 0.3 is 0 Å². The monoisotopic (exact) mass is 263 g/mol. The lowest BCUT2D eigenvalue weighted by molar-refractivity contribution is 0.0192. The normalized spacial score (nSPS) is 27.8. The number of pyridine rings is 1. The zero-order chi connectivity index (χ0) is 13.7. The molecule has 0 radical (unpaired) electrons. The van der Waals surface area contributed by atoms with Crippen LogP contribution >= 0.6 is 0 Å². The van der Waals surface area contributed by atoms with E-state index in [-0.39, 0.29) is 0 Å². The SMILES string of the molecule is CCCOc1cncc(C2(O)CCCC(C)CC2)c1. The second-order valence-electron chi connectivity index (χ2n) is 5.83. The van der Waals surface area contributed by atoms with Gasteiger partial charge in [0.15, 0.2) is 0 Å². The van der Waals surface area contributed by atoms with E-state index >= 15 is 0 Å². The van der Waals surface area contributed by atoms with Gasteiger partial charge in [0.25, 0.3) is 0 Å². The van der Waals surface area contributed by atoms with Crippen molar-refractivity contribution in [3.05, 3.63) is 24.0 Å². The van der Waals surface area contributed by atoms with Crippen LogP contribution in [0.5, 0.6) is 5.75 Å². The number of aliphatic hydroxyl groups is 1. The molecule has 1 saturated carbocycles. The summed E-state index contributed by atoms with van der Waals surface area (Å²) < 4.78 is 5.61. The van der Waals surface area contributed by atoms with Gasteiger partial charge in [-0.1, -0.05) is 20.3 Å². The fourth-order valence-electron chi connectivity index (χ4n) is 2.76. The maximum absolute atomic E-state index is 10.9. The highest BCUT2D eigenvalue weighted by molar-refractivity contribution is 5.28. The van der Waals surface area contributed by atoms with Crippen LogP contribution in [0.1, 0.15) is 57.9 Å². The van der Waals surface area contributed by atoms with Crippen molar-refractivity contribution in [1.29, 1.82) is 0 Å². The Labute approximate surface area is 116 Å². The van der Waals surface area contributed by atoms with Gasteiger partial charge in [-0.2, -0.15) is 0 Å². The third kappa shape index (κ3) is 3.69. The first-order chi connectivity index (χ1) is 9.14. The fourth-order valence-corrected chi connectivity index (χ4v) is 2.76. The van der Waals surface area contributed by atoms with E-state index < -0.39 is 5.60 Å². The molecule has 1 fully saturated rings. The molecule has 0 saturated heterocycles. The Morgan fingerprint density at radius 1 is 1.37 bits per heavy atom. The Bertz CT molecular complexity index is 407. The lowest BCUT2D eigenvalue weighted by atomic mass is 9.87. The van der Waals surface area contributed by atoms with Crippen LogP contribution < -0.4 is 4.74 Å². The van der Waals surface area contributed by atoms with Gasteiger partial charge in [0.05, 0.1) is 18.4 Å². The van der Waals surface area contributed by atoms with Crippen LogP contribution in [0.4, 0.5) is 0 Å². The summed E-state index contributed by atoms with van der Waals surface area (Å²) in [5, 5.41) is 10.9. The highest BCUT2D eigenvalue weighted by atomic mass is 16.5. The van der Waals surface area contributed by atoms with Crippen LogP contribution in [-0.2, 0) is 5.60 Å². The molecule has 19 heavy (non-hydrogen) atoms. The second kappa shape index (κ2) is 6.38. The van der Waals surface area contributed by atoms with Crippen LogP contribution in [-0.4, -0.2) is 16.7 Å². The molecule has 0 spiro atoms. The average Bonchev–Trinajstić information content (AvgIpc) is 2.60. The summed E-state index contributed by atoms with van der Waals surface area (Å²) in [7, 11) is 0. The Morgan fingerprint density at radius 3 is 3.00 bits per heavy atom. The minimum absolute atomic E-state index is 0.695. The zero-order valence-electron chi connectivity index (χ0n) is 12.1. The van der Waals surface area contributed by atoms with E-state index in [1.54, 1.807) is 12.4 Å². The molecular formula is C16H25NO2. The van der Waals surface area contributed by atoms with E-state index in [0.29, 0.717) is 12.5 Å². The van der Waals surface area contributed by atoms with Gasteiger partial charge in [-0.25, -0.2) is 0 Å². The number of hydrogen-bond donors (Lipinski definition) is 1. The third-order valence-corrected chi connectivity index (χ3v) is 4.06. The molecule has 0 bridgehead atoms. The van der Waals surface area contributed by atoms with Crippen molar-refractivity contribution < 1.29 is 9.84 Å². The quantitative estimate of drug-likeness (QED) is 0.843. The molecule has 1 N–H and O–H groups in total. The summed E-state index contributed by atoms with van der Waals surface area (Å²) in [5.41, 5.74) is 0.193. The maximum atomic E-state index is 10.9. The number of rotatable bonds is 4. The molecule has 1 aliphatic rings. The van der Waals surface area contributed by atoms with E-state index in [1.165, 1.54) is 6.42 Å². The maximum Gasteiger partial charge on any atom is 0.137 e. The highest BCUT2D eigenvalue weighted by Crippen LogP contribution is 2.38. The molecule has 0 aromatic carbocycles. The van der Waals surface area contributed by atoms with Crippen molar-refractivity contribution >= 4 is 0 Å². The first-order valence-corrected chi connectivity index (χ1v) is 7.45. The van der Waals surface area contributed by atoms with Crippen LogP contribution in [0.15, 0.2) is 18.5 Å². The van der Waals surface area contributed by atoms with Gasteiger partial charge in [0, 0.05) is 11.8 Å². The van der Waals surface area contributed by atoms with Crippen molar-refractivity contribution in [3.8, 4) is 5.75 Å². The molecule has 0 aliphatic heterocycles. The average molecular weight is 263 g/mol. The molecule has 2 atom stereocenters. The second-order valence-corrected chi connectivity index (χ2v) is 5.83. The van der Waals surface area contributed by atoms with Gasteiger partial charge in [-0.3, -0.25) is 4.98 Å². The Kier molecular flexibility index (Phi) is 4.81. The summed E-state index contributed by atoms with van der Waals surface area (Å²) in [5.74, 6) is 1.48. The predicted octanol–water partition coefficient (Wildman–Crippen LogP) is 3.66. The van der Waals surface area contributed by atoms with Gasteiger partial charge in [-0.15, -0.1) is 0 Å². The molecule has 1 aliphatic carbocycles. The molecule has 2 rings (SSSR count). The van der Waals surface area contributed by atoms with Gasteiger partial charge in [-0.05, 0) is 44.1 Å². The molecule has 3 nitrogen and oxygen atoms in total. The predicted molar refractivity (Wildman–Crippen MR) is 76.2 cm³/mol. The molecule has 1 aromatic heterocycles. The molecule has 0 amide bonds. The van der Waals surface area contributed by atoms with E-state index in [1.807, 2.05) is 6.07 Å². The fraction of sp³-hybridized carbons (Fsp3) is 0.688. The molecule has 106 valence electrons. The topological polar surface area (TPSA) is 42.4 Å². The van der Waals surface area contributed by atoms with E-state index in [0.717, 1.165) is 43.4 Å². The smallest absolute Gasteiger partial charge is 0.137 e. The Balaban J connectivity index is 2.14. The van der Waals surface area contributed by atoms with Gasteiger partial charge < -0.3 is 9.84 Å². The number of hydrogen-bond acceptors (Lipinski definition) is 3. The third-order valence-electron chi connectivity index (χ3n) is 4.06. The Morgan fingerprint density at radius 2 is 2.21 bits per heavy atom. The van der Waals surface area contributed by atoms with Crippen molar-refractivity contribution in [3.63, 3.8) is 0 Å². The first kappa shape index (κ1) is 14.3. The summed E-state index contributed by atoms with van der Waals surface area (Å²) in [6, 6.07) is 1.96. The van der Waals surface area contributed by atoms with Crippen molar-refractivity contribution in [2.75, 3.05) is 6.61 Å².